The molecule has 5 heteroatoms. The van der Waals surface area contributed by atoms with Crippen molar-refractivity contribution in [3.8, 4) is 0 Å². The first-order valence-corrected chi connectivity index (χ1v) is 7.46. The van der Waals surface area contributed by atoms with Gasteiger partial charge >= 0.3 is 0 Å². The summed E-state index contributed by atoms with van der Waals surface area (Å²) < 4.78 is 0. The summed E-state index contributed by atoms with van der Waals surface area (Å²) in [7, 11) is 0. The van der Waals surface area contributed by atoms with Gasteiger partial charge in [-0.25, -0.2) is 4.98 Å². The normalized spacial score (nSPS) is 14.3. The minimum Gasteiger partial charge on any atom is -0.367 e. The van der Waals surface area contributed by atoms with E-state index in [2.05, 4.69) is 34.4 Å². The van der Waals surface area contributed by atoms with E-state index in [9.17, 15) is 4.79 Å². The van der Waals surface area contributed by atoms with Gasteiger partial charge in [0.05, 0.1) is 0 Å². The first-order chi connectivity index (χ1) is 9.72. The van der Waals surface area contributed by atoms with Crippen molar-refractivity contribution < 1.29 is 4.79 Å². The summed E-state index contributed by atoms with van der Waals surface area (Å²) in [4.78, 5) is 18.6. The molecule has 0 aliphatic heterocycles. The lowest BCUT2D eigenvalue weighted by molar-refractivity contribution is 0.0949. The van der Waals surface area contributed by atoms with E-state index < -0.39 is 0 Å². The van der Waals surface area contributed by atoms with E-state index in [4.69, 9.17) is 0 Å². The molecule has 1 saturated carbocycles. The van der Waals surface area contributed by atoms with Gasteiger partial charge in [-0.3, -0.25) is 4.79 Å². The summed E-state index contributed by atoms with van der Waals surface area (Å²) in [5, 5.41) is 6.26. The van der Waals surface area contributed by atoms with Crippen LogP contribution in [0.3, 0.4) is 0 Å². The van der Waals surface area contributed by atoms with Gasteiger partial charge in [-0.2, -0.15) is 0 Å². The quantitative estimate of drug-likeness (QED) is 0.759. The van der Waals surface area contributed by atoms with Crippen molar-refractivity contribution in [2.45, 2.75) is 32.7 Å². The largest absolute Gasteiger partial charge is 0.367 e. The topological polar surface area (TPSA) is 57.3 Å². The van der Waals surface area contributed by atoms with Crippen LogP contribution in [0.2, 0.25) is 0 Å². The number of carbonyl (C=O) groups excluding carboxylic acids is 1. The number of nitrogens with zero attached hydrogens (tertiary/aromatic N) is 2. The Morgan fingerprint density at radius 1 is 1.40 bits per heavy atom. The zero-order valence-electron chi connectivity index (χ0n) is 12.4. The number of hydrogen-bond donors (Lipinski definition) is 2. The van der Waals surface area contributed by atoms with E-state index in [1.54, 1.807) is 12.3 Å². The van der Waals surface area contributed by atoms with Gasteiger partial charge in [0.2, 0.25) is 0 Å². The van der Waals surface area contributed by atoms with Crippen molar-refractivity contribution in [3.63, 3.8) is 0 Å². The number of likely N-dealkylation sites (N-methyl/N-ethyl adjacent to an activating group) is 1. The molecule has 1 aromatic heterocycles. The Morgan fingerprint density at radius 3 is 2.80 bits per heavy atom. The second kappa shape index (κ2) is 7.24. The average molecular weight is 276 g/mol. The maximum atomic E-state index is 12.1. The molecule has 1 aliphatic carbocycles. The molecule has 1 amide bonds. The Bertz CT molecular complexity index is 441. The van der Waals surface area contributed by atoms with Crippen LogP contribution in [-0.2, 0) is 0 Å². The molecule has 0 atom stereocenters. The van der Waals surface area contributed by atoms with E-state index in [0.29, 0.717) is 18.2 Å². The van der Waals surface area contributed by atoms with Gasteiger partial charge < -0.3 is 15.5 Å². The molecule has 1 heterocycles. The van der Waals surface area contributed by atoms with Crippen LogP contribution in [0.15, 0.2) is 18.3 Å². The fraction of sp³-hybridized carbons (Fsp3) is 0.600. The summed E-state index contributed by atoms with van der Waals surface area (Å²) in [5.74, 6) is 0.766. The number of amides is 1. The van der Waals surface area contributed by atoms with Gasteiger partial charge in [0, 0.05) is 30.9 Å². The molecular weight excluding hydrogens is 252 g/mol. The smallest absolute Gasteiger partial charge is 0.251 e. The minimum absolute atomic E-state index is 0.0293. The second-order valence-corrected chi connectivity index (χ2v) is 5.13. The van der Waals surface area contributed by atoms with Crippen molar-refractivity contribution in [3.05, 3.63) is 23.9 Å². The predicted octanol–water partition coefficient (Wildman–Crippen LogP) is 1.73. The standard InChI is InChI=1S/C15H24N4O/c1-3-19(4-2)10-9-17-15(20)12-7-8-16-14(11-12)18-13-5-6-13/h7-8,11,13H,3-6,9-10H2,1-2H3,(H,16,18)(H,17,20). The summed E-state index contributed by atoms with van der Waals surface area (Å²) in [5.41, 5.74) is 0.669. The molecule has 0 aromatic carbocycles. The molecular formula is C15H24N4O. The Balaban J connectivity index is 1.82. The molecule has 2 rings (SSSR count). The molecule has 0 spiro atoms. The molecule has 1 aliphatic rings. The molecule has 5 nitrogen and oxygen atoms in total. The van der Waals surface area contributed by atoms with Crippen LogP contribution in [0.4, 0.5) is 5.82 Å². The van der Waals surface area contributed by atoms with Crippen molar-refractivity contribution in [1.29, 1.82) is 0 Å². The first kappa shape index (κ1) is 14.8. The number of pyridine rings is 1. The highest BCUT2D eigenvalue weighted by molar-refractivity contribution is 5.94. The van der Waals surface area contributed by atoms with Crippen LogP contribution in [0.5, 0.6) is 0 Å². The highest BCUT2D eigenvalue weighted by Crippen LogP contribution is 2.23. The van der Waals surface area contributed by atoms with E-state index in [1.807, 2.05) is 6.07 Å². The van der Waals surface area contributed by atoms with Crippen molar-refractivity contribution >= 4 is 11.7 Å². The number of aromatic nitrogens is 1. The van der Waals surface area contributed by atoms with Gasteiger partial charge in [0.15, 0.2) is 0 Å². The number of hydrogen-bond acceptors (Lipinski definition) is 4. The minimum atomic E-state index is -0.0293. The lowest BCUT2D eigenvalue weighted by Gasteiger charge is -2.18. The monoisotopic (exact) mass is 276 g/mol. The summed E-state index contributed by atoms with van der Waals surface area (Å²) in [6, 6.07) is 4.12. The first-order valence-electron chi connectivity index (χ1n) is 7.46. The van der Waals surface area contributed by atoms with Crippen molar-refractivity contribution in [2.75, 3.05) is 31.5 Å². The Kier molecular flexibility index (Phi) is 5.35. The fourth-order valence-electron chi connectivity index (χ4n) is 2.06. The zero-order valence-corrected chi connectivity index (χ0v) is 12.4. The number of carbonyl (C=O) groups is 1. The maximum Gasteiger partial charge on any atom is 0.251 e. The lowest BCUT2D eigenvalue weighted by Crippen LogP contribution is -2.34. The van der Waals surface area contributed by atoms with Crippen LogP contribution in [0.1, 0.15) is 37.0 Å². The fourth-order valence-corrected chi connectivity index (χ4v) is 2.06. The maximum absolute atomic E-state index is 12.1. The van der Waals surface area contributed by atoms with Crippen LogP contribution < -0.4 is 10.6 Å². The van der Waals surface area contributed by atoms with E-state index >= 15 is 0 Å². The summed E-state index contributed by atoms with van der Waals surface area (Å²) in [6.07, 6.45) is 4.08. The highest BCUT2D eigenvalue weighted by atomic mass is 16.1. The SMILES string of the molecule is CCN(CC)CCNC(=O)c1ccnc(NC2CC2)c1. The van der Waals surface area contributed by atoms with Crippen LogP contribution in [-0.4, -0.2) is 48.0 Å². The third-order valence-electron chi connectivity index (χ3n) is 3.56. The molecule has 110 valence electrons. The molecule has 1 aromatic rings. The Labute approximate surface area is 120 Å². The molecule has 0 unspecified atom stereocenters. The number of rotatable bonds is 8. The lowest BCUT2D eigenvalue weighted by atomic mass is 10.2. The third kappa shape index (κ3) is 4.49. The van der Waals surface area contributed by atoms with Crippen molar-refractivity contribution in [1.82, 2.24) is 15.2 Å². The molecule has 1 fully saturated rings. The van der Waals surface area contributed by atoms with E-state index in [1.165, 1.54) is 12.8 Å². The van der Waals surface area contributed by atoms with Gasteiger partial charge in [-0.05, 0) is 38.1 Å². The number of nitrogens with one attached hydrogen (secondary N) is 2. The predicted molar refractivity (Wildman–Crippen MR) is 81.0 cm³/mol. The Morgan fingerprint density at radius 2 is 2.15 bits per heavy atom. The van der Waals surface area contributed by atoms with Crippen molar-refractivity contribution in [2.24, 2.45) is 0 Å². The number of anilines is 1. The van der Waals surface area contributed by atoms with Gasteiger partial charge in [0.1, 0.15) is 5.82 Å². The molecule has 0 radical (unpaired) electrons. The Hall–Kier alpha value is -1.62. The second-order valence-electron chi connectivity index (χ2n) is 5.13. The average Bonchev–Trinajstić information content (AvgIpc) is 3.27. The zero-order chi connectivity index (χ0) is 14.4. The van der Waals surface area contributed by atoms with Gasteiger partial charge in [0.25, 0.3) is 5.91 Å². The third-order valence-corrected chi connectivity index (χ3v) is 3.56. The highest BCUT2D eigenvalue weighted by Gasteiger charge is 2.21. The van der Waals surface area contributed by atoms with Gasteiger partial charge in [-0.15, -0.1) is 0 Å². The van der Waals surface area contributed by atoms with Gasteiger partial charge in [-0.1, -0.05) is 13.8 Å². The molecule has 0 bridgehead atoms. The van der Waals surface area contributed by atoms with Crippen LogP contribution >= 0.6 is 0 Å². The molecule has 2 N–H and O–H groups in total. The summed E-state index contributed by atoms with van der Waals surface area (Å²) >= 11 is 0. The van der Waals surface area contributed by atoms with E-state index in [-0.39, 0.29) is 5.91 Å². The molecule has 0 saturated heterocycles. The summed E-state index contributed by atoms with van der Waals surface area (Å²) in [6.45, 7) is 7.84. The van der Waals surface area contributed by atoms with Crippen LogP contribution in [0, 0.1) is 0 Å². The van der Waals surface area contributed by atoms with E-state index in [0.717, 1.165) is 25.5 Å². The van der Waals surface area contributed by atoms with Crippen LogP contribution in [0.25, 0.3) is 0 Å². The molecule has 20 heavy (non-hydrogen) atoms.